The second-order valence-electron chi connectivity index (χ2n) is 4.45. The number of carbonyl (C=O) groups excluding carboxylic acids is 2. The maximum atomic E-state index is 12.0. The summed E-state index contributed by atoms with van der Waals surface area (Å²) in [5, 5.41) is 8.43. The molecule has 0 aliphatic carbocycles. The molecule has 2 amide bonds. The Labute approximate surface area is 119 Å². The molecule has 6 nitrogen and oxygen atoms in total. The zero-order valence-corrected chi connectivity index (χ0v) is 12.2. The molecule has 0 fully saturated rings. The molecule has 1 atom stereocenters. The first-order valence-electron chi connectivity index (χ1n) is 6.87. The van der Waals surface area contributed by atoms with Crippen LogP contribution in [0.25, 0.3) is 0 Å². The average molecular weight is 278 g/mol. The van der Waals surface area contributed by atoms with Gasteiger partial charge in [0.05, 0.1) is 5.56 Å². The van der Waals surface area contributed by atoms with Gasteiger partial charge >= 0.3 is 0 Å². The molecule has 0 saturated heterocycles. The Hall–Kier alpha value is -2.11. The lowest BCUT2D eigenvalue weighted by molar-refractivity contribution is -0.122. The largest absolute Gasteiger partial charge is 0.370 e. The Bertz CT molecular complexity index is 445. The van der Waals surface area contributed by atoms with Gasteiger partial charge in [0.1, 0.15) is 11.9 Å². The summed E-state index contributed by atoms with van der Waals surface area (Å²) in [7, 11) is 0. The van der Waals surface area contributed by atoms with Gasteiger partial charge in [-0.25, -0.2) is 4.98 Å². The third-order valence-corrected chi connectivity index (χ3v) is 2.67. The van der Waals surface area contributed by atoms with Crippen molar-refractivity contribution in [3.05, 3.63) is 23.9 Å². The molecule has 3 N–H and O–H groups in total. The highest BCUT2D eigenvalue weighted by molar-refractivity contribution is 5.97. The number of nitrogens with zero attached hydrogens (tertiary/aromatic N) is 1. The lowest BCUT2D eigenvalue weighted by Crippen LogP contribution is -2.45. The molecular formula is C14H22N4O2. The molecule has 0 bridgehead atoms. The van der Waals surface area contributed by atoms with Crippen molar-refractivity contribution in [3.8, 4) is 0 Å². The average Bonchev–Trinajstić information content (AvgIpc) is 2.45. The van der Waals surface area contributed by atoms with E-state index < -0.39 is 6.04 Å². The number of anilines is 1. The number of carbonyl (C=O) groups is 2. The molecule has 0 aliphatic heterocycles. The first-order chi connectivity index (χ1) is 9.58. The van der Waals surface area contributed by atoms with Crippen molar-refractivity contribution in [1.29, 1.82) is 0 Å². The van der Waals surface area contributed by atoms with Crippen molar-refractivity contribution < 1.29 is 9.59 Å². The number of hydrogen-bond donors (Lipinski definition) is 3. The first-order valence-corrected chi connectivity index (χ1v) is 6.87. The Morgan fingerprint density at radius 2 is 2.05 bits per heavy atom. The first kappa shape index (κ1) is 15.9. The van der Waals surface area contributed by atoms with E-state index in [4.69, 9.17) is 0 Å². The Morgan fingerprint density at radius 3 is 2.60 bits per heavy atom. The van der Waals surface area contributed by atoms with Gasteiger partial charge in [-0.3, -0.25) is 9.59 Å². The second-order valence-corrected chi connectivity index (χ2v) is 4.45. The summed E-state index contributed by atoms with van der Waals surface area (Å²) in [6.07, 6.45) is 2.35. The molecule has 6 heteroatoms. The van der Waals surface area contributed by atoms with Gasteiger partial charge in [0.15, 0.2) is 0 Å². The molecule has 0 saturated carbocycles. The number of amides is 2. The molecule has 1 aromatic rings. The zero-order chi connectivity index (χ0) is 15.0. The summed E-state index contributed by atoms with van der Waals surface area (Å²) < 4.78 is 0. The summed E-state index contributed by atoms with van der Waals surface area (Å²) >= 11 is 0. The van der Waals surface area contributed by atoms with Crippen LogP contribution >= 0.6 is 0 Å². The fourth-order valence-electron chi connectivity index (χ4n) is 1.56. The van der Waals surface area contributed by atoms with Gasteiger partial charge in [0.2, 0.25) is 5.91 Å². The number of aromatic nitrogens is 1. The van der Waals surface area contributed by atoms with Crippen LogP contribution in [0.3, 0.4) is 0 Å². The van der Waals surface area contributed by atoms with Crippen molar-refractivity contribution >= 4 is 17.6 Å². The van der Waals surface area contributed by atoms with Crippen LogP contribution in [0.2, 0.25) is 0 Å². The number of hydrogen-bond acceptors (Lipinski definition) is 4. The van der Waals surface area contributed by atoms with Gasteiger partial charge < -0.3 is 16.0 Å². The minimum atomic E-state index is -0.567. The number of rotatable bonds is 7. The van der Waals surface area contributed by atoms with E-state index in [2.05, 4.69) is 20.9 Å². The Morgan fingerprint density at radius 1 is 1.30 bits per heavy atom. The third kappa shape index (κ3) is 4.87. The molecule has 0 aromatic carbocycles. The molecule has 0 aliphatic rings. The summed E-state index contributed by atoms with van der Waals surface area (Å²) in [6, 6.07) is 2.85. The van der Waals surface area contributed by atoms with E-state index in [0.29, 0.717) is 12.1 Å². The summed E-state index contributed by atoms with van der Waals surface area (Å²) in [6.45, 7) is 6.98. The monoisotopic (exact) mass is 278 g/mol. The number of pyridine rings is 1. The summed E-state index contributed by atoms with van der Waals surface area (Å²) in [5.41, 5.74) is 0.432. The normalized spacial score (nSPS) is 11.6. The number of nitrogens with one attached hydrogen (secondary N) is 3. The van der Waals surface area contributed by atoms with Gasteiger partial charge in [0.25, 0.3) is 5.91 Å². The SMILES string of the molecule is CCCNC(=O)C(C)NC(=O)c1ccc(NCC)nc1. The van der Waals surface area contributed by atoms with Crippen LogP contribution < -0.4 is 16.0 Å². The van der Waals surface area contributed by atoms with Crippen molar-refractivity contribution in [1.82, 2.24) is 15.6 Å². The lowest BCUT2D eigenvalue weighted by Gasteiger charge is -2.13. The van der Waals surface area contributed by atoms with Crippen molar-refractivity contribution in [2.45, 2.75) is 33.2 Å². The van der Waals surface area contributed by atoms with E-state index in [9.17, 15) is 9.59 Å². The Balaban J connectivity index is 2.55. The zero-order valence-electron chi connectivity index (χ0n) is 12.2. The Kier molecular flexibility index (Phi) is 6.49. The van der Waals surface area contributed by atoms with Gasteiger partial charge in [-0.1, -0.05) is 6.92 Å². The lowest BCUT2D eigenvalue weighted by atomic mass is 10.2. The maximum absolute atomic E-state index is 12.0. The smallest absolute Gasteiger partial charge is 0.253 e. The highest BCUT2D eigenvalue weighted by Gasteiger charge is 2.16. The third-order valence-electron chi connectivity index (χ3n) is 2.67. The molecule has 0 radical (unpaired) electrons. The van der Waals surface area contributed by atoms with Crippen LogP contribution in [0.4, 0.5) is 5.82 Å². The van der Waals surface area contributed by atoms with E-state index in [-0.39, 0.29) is 11.8 Å². The molecule has 0 spiro atoms. The van der Waals surface area contributed by atoms with E-state index in [1.165, 1.54) is 6.20 Å². The standard InChI is InChI=1S/C14H22N4O2/c1-4-8-16-13(19)10(3)18-14(20)11-6-7-12(15-5-2)17-9-11/h6-7,9-10H,4-5,8H2,1-3H3,(H,15,17)(H,16,19)(H,18,20). The molecule has 110 valence electrons. The van der Waals surface area contributed by atoms with E-state index >= 15 is 0 Å². The highest BCUT2D eigenvalue weighted by Crippen LogP contribution is 2.04. The van der Waals surface area contributed by atoms with E-state index in [0.717, 1.165) is 18.8 Å². The molecule has 1 heterocycles. The quantitative estimate of drug-likeness (QED) is 0.699. The highest BCUT2D eigenvalue weighted by atomic mass is 16.2. The molecule has 1 rings (SSSR count). The van der Waals surface area contributed by atoms with Gasteiger partial charge in [-0.15, -0.1) is 0 Å². The van der Waals surface area contributed by atoms with Crippen LogP contribution in [-0.2, 0) is 4.79 Å². The van der Waals surface area contributed by atoms with Crippen LogP contribution in [0.1, 0.15) is 37.6 Å². The minimum absolute atomic E-state index is 0.183. The summed E-state index contributed by atoms with van der Waals surface area (Å²) in [5.74, 6) is 0.231. The second kappa shape index (κ2) is 8.14. The predicted molar refractivity (Wildman–Crippen MR) is 78.6 cm³/mol. The molecule has 1 aromatic heterocycles. The van der Waals surface area contributed by atoms with Crippen LogP contribution in [-0.4, -0.2) is 35.9 Å². The fraction of sp³-hybridized carbons (Fsp3) is 0.500. The van der Waals surface area contributed by atoms with Crippen molar-refractivity contribution in [2.24, 2.45) is 0 Å². The van der Waals surface area contributed by atoms with Gasteiger partial charge in [0, 0.05) is 19.3 Å². The molecule has 20 heavy (non-hydrogen) atoms. The van der Waals surface area contributed by atoms with Crippen molar-refractivity contribution in [3.63, 3.8) is 0 Å². The summed E-state index contributed by atoms with van der Waals surface area (Å²) in [4.78, 5) is 27.7. The molecule has 1 unspecified atom stereocenters. The van der Waals surface area contributed by atoms with E-state index in [1.807, 2.05) is 13.8 Å². The fourth-order valence-corrected chi connectivity index (χ4v) is 1.56. The van der Waals surface area contributed by atoms with Crippen LogP contribution in [0.5, 0.6) is 0 Å². The van der Waals surface area contributed by atoms with Crippen LogP contribution in [0.15, 0.2) is 18.3 Å². The van der Waals surface area contributed by atoms with E-state index in [1.54, 1.807) is 19.1 Å². The van der Waals surface area contributed by atoms with Gasteiger partial charge in [-0.2, -0.15) is 0 Å². The van der Waals surface area contributed by atoms with Crippen molar-refractivity contribution in [2.75, 3.05) is 18.4 Å². The minimum Gasteiger partial charge on any atom is -0.370 e. The predicted octanol–water partition coefficient (Wildman–Crippen LogP) is 1.16. The maximum Gasteiger partial charge on any atom is 0.253 e. The topological polar surface area (TPSA) is 83.1 Å². The van der Waals surface area contributed by atoms with Gasteiger partial charge in [-0.05, 0) is 32.4 Å². The van der Waals surface area contributed by atoms with Crippen LogP contribution in [0, 0.1) is 0 Å². The molecular weight excluding hydrogens is 256 g/mol.